The molecule has 0 amide bonds. The van der Waals surface area contributed by atoms with Gasteiger partial charge in [-0.25, -0.2) is 0 Å². The Hall–Kier alpha value is -1.06. The number of piperidine rings is 1. The smallest absolute Gasteiger partial charge is 0.124 e. The Bertz CT molecular complexity index is 407. The molecule has 0 saturated carbocycles. The molecule has 1 aromatic rings. The number of ether oxygens (including phenoxy) is 1. The number of aliphatic hydroxyl groups excluding tert-OH is 1. The average molecular weight is 263 g/mol. The number of rotatable bonds is 4. The lowest BCUT2D eigenvalue weighted by Crippen LogP contribution is -2.39. The highest BCUT2D eigenvalue weighted by Crippen LogP contribution is 2.31. The summed E-state index contributed by atoms with van der Waals surface area (Å²) < 4.78 is 5.31. The fourth-order valence-corrected chi connectivity index (χ4v) is 2.63. The number of hydrogen-bond donors (Lipinski definition) is 1. The minimum Gasteiger partial charge on any atom is -0.496 e. The molecule has 1 aliphatic heterocycles. The van der Waals surface area contributed by atoms with Crippen molar-refractivity contribution < 1.29 is 9.84 Å². The maximum Gasteiger partial charge on any atom is 0.124 e. The van der Waals surface area contributed by atoms with E-state index in [0.717, 1.165) is 24.4 Å². The van der Waals surface area contributed by atoms with Gasteiger partial charge in [0.1, 0.15) is 5.75 Å². The molecule has 3 heteroatoms. The second-order valence-corrected chi connectivity index (χ2v) is 6.22. The quantitative estimate of drug-likeness (QED) is 0.906. The van der Waals surface area contributed by atoms with Crippen LogP contribution in [0.25, 0.3) is 0 Å². The number of nitrogens with zero attached hydrogens (tertiary/aromatic N) is 1. The van der Waals surface area contributed by atoms with Gasteiger partial charge in [-0.05, 0) is 37.4 Å². The number of hydrogen-bond acceptors (Lipinski definition) is 3. The molecule has 19 heavy (non-hydrogen) atoms. The van der Waals surface area contributed by atoms with Gasteiger partial charge in [0.15, 0.2) is 0 Å². The molecule has 0 aliphatic carbocycles. The zero-order chi connectivity index (χ0) is 13.9. The van der Waals surface area contributed by atoms with Crippen molar-refractivity contribution >= 4 is 0 Å². The normalized spacial score (nSPS) is 21.1. The Balaban J connectivity index is 1.96. The van der Waals surface area contributed by atoms with Gasteiger partial charge in [-0.1, -0.05) is 32.0 Å². The monoisotopic (exact) mass is 263 g/mol. The number of aliphatic hydroxyl groups is 1. The summed E-state index contributed by atoms with van der Waals surface area (Å²) >= 11 is 0. The fourth-order valence-electron chi connectivity index (χ4n) is 2.63. The molecule has 1 heterocycles. The van der Waals surface area contributed by atoms with Gasteiger partial charge in [0.05, 0.1) is 13.2 Å². The van der Waals surface area contributed by atoms with Crippen LogP contribution in [0.1, 0.15) is 38.4 Å². The molecule has 106 valence electrons. The number of likely N-dealkylation sites (tertiary alicyclic amines) is 1. The SMILES string of the molecule is COc1ccccc1C(O)CN1CCC(C)(C)CC1. The lowest BCUT2D eigenvalue weighted by atomic mass is 9.82. The molecule has 2 rings (SSSR count). The Morgan fingerprint density at radius 3 is 2.53 bits per heavy atom. The van der Waals surface area contributed by atoms with E-state index in [2.05, 4.69) is 18.7 Å². The molecule has 0 bridgehead atoms. The summed E-state index contributed by atoms with van der Waals surface area (Å²) in [5, 5.41) is 10.4. The van der Waals surface area contributed by atoms with Gasteiger partial charge in [-0.2, -0.15) is 0 Å². The number of β-amino-alcohol motifs (C(OH)–C–C–N with tert-alkyl or cyclic N) is 1. The summed E-state index contributed by atoms with van der Waals surface area (Å²) in [4.78, 5) is 2.35. The minimum atomic E-state index is -0.475. The van der Waals surface area contributed by atoms with Crippen LogP contribution in [0.4, 0.5) is 0 Å². The predicted molar refractivity (Wildman–Crippen MR) is 77.4 cm³/mol. The molecule has 3 nitrogen and oxygen atoms in total. The largest absolute Gasteiger partial charge is 0.496 e. The van der Waals surface area contributed by atoms with Gasteiger partial charge in [0, 0.05) is 12.1 Å². The molecule has 0 radical (unpaired) electrons. The van der Waals surface area contributed by atoms with E-state index in [1.807, 2.05) is 24.3 Å². The van der Waals surface area contributed by atoms with Crippen molar-refractivity contribution in [2.75, 3.05) is 26.7 Å². The van der Waals surface area contributed by atoms with E-state index in [1.54, 1.807) is 7.11 Å². The van der Waals surface area contributed by atoms with Crippen LogP contribution >= 0.6 is 0 Å². The zero-order valence-corrected chi connectivity index (χ0v) is 12.2. The van der Waals surface area contributed by atoms with Crippen LogP contribution in [0.2, 0.25) is 0 Å². The van der Waals surface area contributed by atoms with Crippen LogP contribution in [0.15, 0.2) is 24.3 Å². The van der Waals surface area contributed by atoms with Crippen molar-refractivity contribution in [2.45, 2.75) is 32.8 Å². The van der Waals surface area contributed by atoms with Crippen LogP contribution in [0.5, 0.6) is 5.75 Å². The van der Waals surface area contributed by atoms with Crippen LogP contribution in [-0.4, -0.2) is 36.8 Å². The Kier molecular flexibility index (Phi) is 4.48. The van der Waals surface area contributed by atoms with Crippen molar-refractivity contribution in [3.05, 3.63) is 29.8 Å². The Morgan fingerprint density at radius 2 is 1.89 bits per heavy atom. The van der Waals surface area contributed by atoms with E-state index in [9.17, 15) is 5.11 Å². The molecule has 0 aromatic heterocycles. The second-order valence-electron chi connectivity index (χ2n) is 6.22. The molecular weight excluding hydrogens is 238 g/mol. The van der Waals surface area contributed by atoms with E-state index in [1.165, 1.54) is 12.8 Å². The summed E-state index contributed by atoms with van der Waals surface area (Å²) in [6.45, 7) is 7.47. The first-order chi connectivity index (χ1) is 9.02. The van der Waals surface area contributed by atoms with Gasteiger partial charge >= 0.3 is 0 Å². The van der Waals surface area contributed by atoms with Gasteiger partial charge in [-0.3, -0.25) is 0 Å². The molecule has 1 aliphatic rings. The first kappa shape index (κ1) is 14.4. The molecule has 1 fully saturated rings. The van der Waals surface area contributed by atoms with E-state index in [4.69, 9.17) is 4.74 Å². The average Bonchev–Trinajstić information content (AvgIpc) is 2.41. The van der Waals surface area contributed by atoms with Gasteiger partial charge in [0.25, 0.3) is 0 Å². The van der Waals surface area contributed by atoms with Crippen LogP contribution in [0.3, 0.4) is 0 Å². The molecule has 1 saturated heterocycles. The summed E-state index contributed by atoms with van der Waals surface area (Å²) in [5.74, 6) is 0.771. The van der Waals surface area contributed by atoms with Crippen molar-refractivity contribution in [3.8, 4) is 5.75 Å². The van der Waals surface area contributed by atoms with E-state index in [0.29, 0.717) is 12.0 Å². The first-order valence-corrected chi connectivity index (χ1v) is 7.05. The summed E-state index contributed by atoms with van der Waals surface area (Å²) in [6.07, 6.45) is 1.93. The predicted octanol–water partition coefficient (Wildman–Crippen LogP) is 2.85. The van der Waals surface area contributed by atoms with Crippen LogP contribution in [-0.2, 0) is 0 Å². The lowest BCUT2D eigenvalue weighted by Gasteiger charge is -2.37. The highest BCUT2D eigenvalue weighted by molar-refractivity contribution is 5.35. The maximum atomic E-state index is 10.4. The van der Waals surface area contributed by atoms with Crippen molar-refractivity contribution in [3.63, 3.8) is 0 Å². The number of benzene rings is 1. The Morgan fingerprint density at radius 1 is 1.26 bits per heavy atom. The zero-order valence-electron chi connectivity index (χ0n) is 12.2. The third kappa shape index (κ3) is 3.71. The lowest BCUT2D eigenvalue weighted by molar-refractivity contribution is 0.0691. The van der Waals surface area contributed by atoms with E-state index in [-0.39, 0.29) is 0 Å². The van der Waals surface area contributed by atoms with Gasteiger partial charge in [-0.15, -0.1) is 0 Å². The number of methoxy groups -OCH3 is 1. The standard InChI is InChI=1S/C16H25NO2/c1-16(2)8-10-17(11-9-16)12-14(18)13-6-4-5-7-15(13)19-3/h4-7,14,18H,8-12H2,1-3H3. The molecule has 1 N–H and O–H groups in total. The van der Waals surface area contributed by atoms with Gasteiger partial charge < -0.3 is 14.7 Å². The minimum absolute atomic E-state index is 0.450. The van der Waals surface area contributed by atoms with Crippen molar-refractivity contribution in [1.29, 1.82) is 0 Å². The fraction of sp³-hybridized carbons (Fsp3) is 0.625. The first-order valence-electron chi connectivity index (χ1n) is 7.05. The van der Waals surface area contributed by atoms with Gasteiger partial charge in [0.2, 0.25) is 0 Å². The van der Waals surface area contributed by atoms with Crippen LogP contribution in [0, 0.1) is 5.41 Å². The van der Waals surface area contributed by atoms with E-state index >= 15 is 0 Å². The Labute approximate surface area is 116 Å². The van der Waals surface area contributed by atoms with Crippen molar-refractivity contribution in [1.82, 2.24) is 4.90 Å². The summed E-state index contributed by atoms with van der Waals surface area (Å²) in [6, 6.07) is 7.72. The van der Waals surface area contributed by atoms with E-state index < -0.39 is 6.10 Å². The highest BCUT2D eigenvalue weighted by atomic mass is 16.5. The number of para-hydroxylation sites is 1. The second kappa shape index (κ2) is 5.93. The summed E-state index contributed by atoms with van der Waals surface area (Å²) in [7, 11) is 1.65. The topological polar surface area (TPSA) is 32.7 Å². The third-order valence-corrected chi connectivity index (χ3v) is 4.14. The molecule has 1 unspecified atom stereocenters. The maximum absolute atomic E-state index is 10.4. The molecular formula is C16H25NO2. The highest BCUT2D eigenvalue weighted by Gasteiger charge is 2.27. The molecule has 0 spiro atoms. The summed E-state index contributed by atoms with van der Waals surface area (Å²) in [5.41, 5.74) is 1.33. The van der Waals surface area contributed by atoms with Crippen molar-refractivity contribution in [2.24, 2.45) is 5.41 Å². The molecule has 1 aromatic carbocycles. The third-order valence-electron chi connectivity index (χ3n) is 4.14. The molecule has 1 atom stereocenters. The van der Waals surface area contributed by atoms with Crippen LogP contribution < -0.4 is 4.74 Å².